The molecule has 2 N–H and O–H groups in total. The van der Waals surface area contributed by atoms with E-state index in [2.05, 4.69) is 5.10 Å². The zero-order chi connectivity index (χ0) is 11.3. The lowest BCUT2D eigenvalue weighted by Gasteiger charge is -2.38. The van der Waals surface area contributed by atoms with Gasteiger partial charge in [-0.3, -0.25) is 4.68 Å². The average Bonchev–Trinajstić information content (AvgIpc) is 2.42. The lowest BCUT2D eigenvalue weighted by atomic mass is 9.73. The first-order valence-electron chi connectivity index (χ1n) is 4.73. The normalized spacial score (nSPS) is 20.1. The van der Waals surface area contributed by atoms with Gasteiger partial charge < -0.3 is 5.73 Å². The Bertz CT molecular complexity index is 376. The third-order valence-electron chi connectivity index (χ3n) is 2.88. The van der Waals surface area contributed by atoms with Crippen molar-refractivity contribution < 1.29 is 13.2 Å². The summed E-state index contributed by atoms with van der Waals surface area (Å²) in [7, 11) is 1.47. The van der Waals surface area contributed by atoms with E-state index in [1.165, 1.54) is 17.9 Å². The van der Waals surface area contributed by atoms with Crippen LogP contribution in [0.4, 0.5) is 13.2 Å². The molecule has 1 aliphatic carbocycles. The molecule has 1 aromatic rings. The second kappa shape index (κ2) is 2.98. The molecule has 2 rings (SSSR count). The van der Waals surface area contributed by atoms with Crippen molar-refractivity contribution in [3.63, 3.8) is 0 Å². The van der Waals surface area contributed by atoms with Gasteiger partial charge in [-0.2, -0.15) is 18.3 Å². The summed E-state index contributed by atoms with van der Waals surface area (Å²) in [5.41, 5.74) is 4.35. The van der Waals surface area contributed by atoms with Crippen LogP contribution in [0.5, 0.6) is 0 Å². The van der Waals surface area contributed by atoms with Gasteiger partial charge in [-0.05, 0) is 19.3 Å². The van der Waals surface area contributed by atoms with Gasteiger partial charge in [0.2, 0.25) is 0 Å². The summed E-state index contributed by atoms with van der Waals surface area (Å²) < 4.78 is 39.0. The minimum absolute atomic E-state index is 0.128. The molecule has 1 aromatic heterocycles. The number of aromatic nitrogens is 2. The zero-order valence-corrected chi connectivity index (χ0v) is 8.30. The molecule has 84 valence electrons. The van der Waals surface area contributed by atoms with E-state index < -0.39 is 17.4 Å². The SMILES string of the molecule is Cn1cc(C2(N)CCC2)c(C(F)(F)F)n1. The highest BCUT2D eigenvalue weighted by molar-refractivity contribution is 5.30. The summed E-state index contributed by atoms with van der Waals surface area (Å²) in [5, 5.41) is 3.44. The Labute approximate surface area is 85.1 Å². The van der Waals surface area contributed by atoms with E-state index in [9.17, 15) is 13.2 Å². The van der Waals surface area contributed by atoms with Gasteiger partial charge in [0.05, 0.1) is 0 Å². The molecule has 1 aliphatic rings. The van der Waals surface area contributed by atoms with Gasteiger partial charge in [0.15, 0.2) is 5.69 Å². The summed E-state index contributed by atoms with van der Waals surface area (Å²) in [5.74, 6) is 0. The van der Waals surface area contributed by atoms with Crippen LogP contribution in [-0.4, -0.2) is 9.78 Å². The largest absolute Gasteiger partial charge is 0.435 e. The molecular weight excluding hydrogens is 207 g/mol. The lowest BCUT2D eigenvalue weighted by molar-refractivity contribution is -0.143. The van der Waals surface area contributed by atoms with Crippen molar-refractivity contribution in [2.24, 2.45) is 12.8 Å². The van der Waals surface area contributed by atoms with Crippen molar-refractivity contribution >= 4 is 0 Å². The molecule has 6 heteroatoms. The summed E-state index contributed by atoms with van der Waals surface area (Å²) in [6, 6.07) is 0. The first-order valence-corrected chi connectivity index (χ1v) is 4.73. The van der Waals surface area contributed by atoms with Crippen molar-refractivity contribution in [1.82, 2.24) is 9.78 Å². The number of aryl methyl sites for hydroxylation is 1. The molecule has 1 heterocycles. The van der Waals surface area contributed by atoms with Gasteiger partial charge in [0.1, 0.15) is 0 Å². The number of halogens is 3. The topological polar surface area (TPSA) is 43.8 Å². The van der Waals surface area contributed by atoms with Crippen LogP contribution in [0.1, 0.15) is 30.5 Å². The zero-order valence-electron chi connectivity index (χ0n) is 8.30. The van der Waals surface area contributed by atoms with E-state index in [-0.39, 0.29) is 5.56 Å². The van der Waals surface area contributed by atoms with Crippen LogP contribution < -0.4 is 5.73 Å². The van der Waals surface area contributed by atoms with Gasteiger partial charge in [-0.25, -0.2) is 0 Å². The number of nitrogens with two attached hydrogens (primary N) is 1. The van der Waals surface area contributed by atoms with E-state index in [0.29, 0.717) is 12.8 Å². The fourth-order valence-corrected chi connectivity index (χ4v) is 1.89. The predicted molar refractivity (Wildman–Crippen MR) is 47.9 cm³/mol. The lowest BCUT2D eigenvalue weighted by Crippen LogP contribution is -2.44. The van der Waals surface area contributed by atoms with Gasteiger partial charge in [-0.1, -0.05) is 0 Å². The second-order valence-electron chi connectivity index (χ2n) is 4.07. The van der Waals surface area contributed by atoms with Crippen molar-refractivity contribution in [1.29, 1.82) is 0 Å². The molecule has 0 atom stereocenters. The summed E-state index contributed by atoms with van der Waals surface area (Å²) >= 11 is 0. The van der Waals surface area contributed by atoms with Crippen LogP contribution in [0.2, 0.25) is 0 Å². The minimum Gasteiger partial charge on any atom is -0.321 e. The van der Waals surface area contributed by atoms with Gasteiger partial charge in [0.25, 0.3) is 0 Å². The predicted octanol–water partition coefficient (Wildman–Crippen LogP) is 1.78. The van der Waals surface area contributed by atoms with Crippen LogP contribution >= 0.6 is 0 Å². The smallest absolute Gasteiger partial charge is 0.321 e. The molecule has 0 radical (unpaired) electrons. The van der Waals surface area contributed by atoms with Crippen LogP contribution in [0, 0.1) is 0 Å². The van der Waals surface area contributed by atoms with Crippen molar-refractivity contribution in [3.8, 4) is 0 Å². The number of nitrogens with zero attached hydrogens (tertiary/aromatic N) is 2. The van der Waals surface area contributed by atoms with Crippen molar-refractivity contribution in [3.05, 3.63) is 17.5 Å². The molecular formula is C9H12F3N3. The second-order valence-corrected chi connectivity index (χ2v) is 4.07. The Kier molecular flexibility index (Phi) is 2.08. The Morgan fingerprint density at radius 3 is 2.47 bits per heavy atom. The Morgan fingerprint density at radius 2 is 2.07 bits per heavy atom. The number of hydrogen-bond acceptors (Lipinski definition) is 2. The molecule has 3 nitrogen and oxygen atoms in total. The van der Waals surface area contributed by atoms with Crippen LogP contribution in [0.3, 0.4) is 0 Å². The first-order chi connectivity index (χ1) is 6.83. The fraction of sp³-hybridized carbons (Fsp3) is 0.667. The molecule has 15 heavy (non-hydrogen) atoms. The quantitative estimate of drug-likeness (QED) is 0.782. The molecule has 0 amide bonds. The third-order valence-corrected chi connectivity index (χ3v) is 2.88. The average molecular weight is 219 g/mol. The first kappa shape index (κ1) is 10.5. The monoisotopic (exact) mass is 219 g/mol. The fourth-order valence-electron chi connectivity index (χ4n) is 1.89. The Morgan fingerprint density at radius 1 is 1.47 bits per heavy atom. The maximum absolute atomic E-state index is 12.6. The summed E-state index contributed by atoms with van der Waals surface area (Å²) in [4.78, 5) is 0. The molecule has 1 saturated carbocycles. The highest BCUT2D eigenvalue weighted by Gasteiger charge is 2.45. The van der Waals surface area contributed by atoms with Gasteiger partial charge in [-0.15, -0.1) is 0 Å². The molecule has 0 aromatic carbocycles. The Balaban J connectivity index is 2.47. The number of hydrogen-bond donors (Lipinski definition) is 1. The molecule has 0 saturated heterocycles. The minimum atomic E-state index is -4.42. The highest BCUT2D eigenvalue weighted by Crippen LogP contribution is 2.43. The Hall–Kier alpha value is -1.04. The summed E-state index contributed by atoms with van der Waals surface area (Å²) in [6.07, 6.45) is -0.966. The maximum Gasteiger partial charge on any atom is 0.435 e. The molecule has 0 bridgehead atoms. The van der Waals surface area contributed by atoms with E-state index in [1.807, 2.05) is 0 Å². The third kappa shape index (κ3) is 1.62. The van der Waals surface area contributed by atoms with Gasteiger partial charge in [0, 0.05) is 24.3 Å². The number of rotatable bonds is 1. The van der Waals surface area contributed by atoms with E-state index >= 15 is 0 Å². The van der Waals surface area contributed by atoms with Crippen LogP contribution in [-0.2, 0) is 18.8 Å². The standard InChI is InChI=1S/C9H12F3N3/c1-15-5-6(8(13)3-2-4-8)7(14-15)9(10,11)12/h5H,2-4,13H2,1H3. The van der Waals surface area contributed by atoms with Crippen molar-refractivity contribution in [2.45, 2.75) is 31.0 Å². The van der Waals surface area contributed by atoms with E-state index in [1.54, 1.807) is 0 Å². The maximum atomic E-state index is 12.6. The molecule has 0 aliphatic heterocycles. The van der Waals surface area contributed by atoms with Crippen LogP contribution in [0.25, 0.3) is 0 Å². The van der Waals surface area contributed by atoms with E-state index in [0.717, 1.165) is 6.42 Å². The highest BCUT2D eigenvalue weighted by atomic mass is 19.4. The van der Waals surface area contributed by atoms with E-state index in [4.69, 9.17) is 5.73 Å². The molecule has 1 fully saturated rings. The molecule has 0 unspecified atom stereocenters. The number of alkyl halides is 3. The van der Waals surface area contributed by atoms with Crippen LogP contribution in [0.15, 0.2) is 6.20 Å². The summed E-state index contributed by atoms with van der Waals surface area (Å²) in [6.45, 7) is 0. The van der Waals surface area contributed by atoms with Crippen molar-refractivity contribution in [2.75, 3.05) is 0 Å². The molecule has 0 spiro atoms. The van der Waals surface area contributed by atoms with Gasteiger partial charge >= 0.3 is 6.18 Å².